The molecule has 2 aliphatic heterocycles. The number of amides is 5. The van der Waals surface area contributed by atoms with E-state index in [2.05, 4.69) is 27.3 Å². The van der Waals surface area contributed by atoms with Crippen molar-refractivity contribution in [1.29, 1.82) is 0 Å². The topological polar surface area (TPSA) is 189 Å². The van der Waals surface area contributed by atoms with Gasteiger partial charge in [-0.2, -0.15) is 0 Å². The molecule has 2 aliphatic carbocycles. The van der Waals surface area contributed by atoms with Gasteiger partial charge in [0.25, 0.3) is 5.91 Å². The summed E-state index contributed by atoms with van der Waals surface area (Å²) in [6, 6.07) is 5.27. The molecule has 1 aromatic carbocycles. The maximum atomic E-state index is 14.0. The minimum Gasteiger partial charge on any atom is -0.450 e. The lowest BCUT2D eigenvalue weighted by atomic mass is 10.0. The molecule has 0 radical (unpaired) electrons. The molecule has 4 aliphatic rings. The average molecular weight is 686 g/mol. The highest BCUT2D eigenvalue weighted by Gasteiger charge is 2.62. The fourth-order valence-corrected chi connectivity index (χ4v) is 7.38. The second kappa shape index (κ2) is 14.4. The molecule has 48 heavy (non-hydrogen) atoms. The number of alkyl carbamates (subject to hydrolysis) is 2. The Balaban J connectivity index is 1.37. The molecular weight excluding hydrogens is 642 g/mol. The highest BCUT2D eigenvalue weighted by atomic mass is 32.2. The van der Waals surface area contributed by atoms with Crippen LogP contribution in [0.3, 0.4) is 0 Å². The molecule has 2 saturated carbocycles. The van der Waals surface area contributed by atoms with E-state index in [1.54, 1.807) is 13.8 Å². The number of hydrogen-bond donors (Lipinski definition) is 4. The van der Waals surface area contributed by atoms with E-state index in [-0.39, 0.29) is 32.5 Å². The van der Waals surface area contributed by atoms with Gasteiger partial charge in [0, 0.05) is 18.9 Å². The van der Waals surface area contributed by atoms with Gasteiger partial charge in [0.05, 0.1) is 18.4 Å². The van der Waals surface area contributed by atoms with Crippen LogP contribution in [0.5, 0.6) is 0 Å². The number of cyclic esters (lactones) is 1. The number of allylic oxidation sites excluding steroid dienone is 1. The summed E-state index contributed by atoms with van der Waals surface area (Å²) >= 11 is 0. The summed E-state index contributed by atoms with van der Waals surface area (Å²) < 4.78 is 38.2. The summed E-state index contributed by atoms with van der Waals surface area (Å²) in [7, 11) is -3.90. The van der Waals surface area contributed by atoms with Gasteiger partial charge in [0.1, 0.15) is 23.7 Å². The van der Waals surface area contributed by atoms with Gasteiger partial charge in [-0.15, -0.1) is 6.58 Å². The first kappa shape index (κ1) is 34.9. The SMILES string of the molecule is C=C[C@@H]1C[C@]1(NC(=O)[C@@H]1C[C@@H]2CN1C(=O)[C@H](C(C)C)NC(=O)OCCC/C=C\c1cccc(c1)CNC(=O)O2)C(=O)NS(=O)(=O)C1CC1. The van der Waals surface area contributed by atoms with Crippen molar-refractivity contribution in [2.75, 3.05) is 13.2 Å². The lowest BCUT2D eigenvalue weighted by Gasteiger charge is -2.31. The van der Waals surface area contributed by atoms with E-state index in [0.717, 1.165) is 11.1 Å². The Morgan fingerprint density at radius 2 is 1.94 bits per heavy atom. The van der Waals surface area contributed by atoms with Crippen LogP contribution < -0.4 is 20.7 Å². The molecule has 0 aromatic heterocycles. The lowest BCUT2D eigenvalue weighted by molar-refractivity contribution is -0.141. The normalized spacial score (nSPS) is 29.0. The van der Waals surface area contributed by atoms with E-state index >= 15 is 0 Å². The van der Waals surface area contributed by atoms with Crippen LogP contribution in [0.25, 0.3) is 6.08 Å². The van der Waals surface area contributed by atoms with Crippen molar-refractivity contribution in [3.63, 3.8) is 0 Å². The summed E-state index contributed by atoms with van der Waals surface area (Å²) in [4.78, 5) is 68.0. The van der Waals surface area contributed by atoms with Gasteiger partial charge in [0.15, 0.2) is 0 Å². The van der Waals surface area contributed by atoms with Crippen LogP contribution in [0.4, 0.5) is 9.59 Å². The van der Waals surface area contributed by atoms with E-state index < -0.39 is 80.7 Å². The Bertz CT molecular complexity index is 1590. The largest absolute Gasteiger partial charge is 0.450 e. The number of rotatable bonds is 7. The number of carbonyl (C=O) groups is 5. The monoisotopic (exact) mass is 685 g/mol. The van der Waals surface area contributed by atoms with E-state index in [1.165, 1.54) is 11.0 Å². The predicted molar refractivity (Wildman–Crippen MR) is 174 cm³/mol. The zero-order valence-corrected chi connectivity index (χ0v) is 27.9. The second-order valence-electron chi connectivity index (χ2n) is 13.1. The zero-order chi connectivity index (χ0) is 34.6. The molecule has 1 aromatic rings. The van der Waals surface area contributed by atoms with Crippen molar-refractivity contribution in [2.45, 2.75) is 87.9 Å². The first-order valence-corrected chi connectivity index (χ1v) is 17.8. The second-order valence-corrected chi connectivity index (χ2v) is 15.1. The molecule has 3 fully saturated rings. The summed E-state index contributed by atoms with van der Waals surface area (Å²) in [5.41, 5.74) is 0.191. The van der Waals surface area contributed by atoms with Crippen molar-refractivity contribution in [1.82, 2.24) is 25.6 Å². The smallest absolute Gasteiger partial charge is 0.407 e. The van der Waals surface area contributed by atoms with Crippen molar-refractivity contribution in [3.05, 3.63) is 54.1 Å². The van der Waals surface area contributed by atoms with Gasteiger partial charge in [-0.25, -0.2) is 18.0 Å². The zero-order valence-electron chi connectivity index (χ0n) is 27.1. The lowest BCUT2D eigenvalue weighted by Crippen LogP contribution is -2.59. The third-order valence-corrected chi connectivity index (χ3v) is 10.8. The maximum Gasteiger partial charge on any atom is 0.407 e. The van der Waals surface area contributed by atoms with Gasteiger partial charge in [0.2, 0.25) is 21.8 Å². The quantitative estimate of drug-likeness (QED) is 0.312. The highest BCUT2D eigenvalue weighted by Crippen LogP contribution is 2.45. The van der Waals surface area contributed by atoms with E-state index in [0.29, 0.717) is 25.7 Å². The van der Waals surface area contributed by atoms with Crippen LogP contribution in [0, 0.1) is 11.8 Å². The summed E-state index contributed by atoms with van der Waals surface area (Å²) in [6.45, 7) is 7.31. The Morgan fingerprint density at radius 3 is 2.62 bits per heavy atom. The fourth-order valence-electron chi connectivity index (χ4n) is 6.01. The molecular formula is C33H43N5O9S. The number of nitrogens with one attached hydrogen (secondary N) is 4. The minimum atomic E-state index is -3.90. The Morgan fingerprint density at radius 1 is 1.17 bits per heavy atom. The van der Waals surface area contributed by atoms with Crippen LogP contribution in [0.1, 0.15) is 63.5 Å². The molecule has 1 saturated heterocycles. The Labute approximate surface area is 280 Å². The average Bonchev–Trinajstić information content (AvgIpc) is 3.97. The molecule has 4 N–H and O–H groups in total. The van der Waals surface area contributed by atoms with Crippen molar-refractivity contribution in [2.24, 2.45) is 11.8 Å². The molecule has 260 valence electrons. The number of ether oxygens (including phenoxy) is 2. The first-order chi connectivity index (χ1) is 22.8. The van der Waals surface area contributed by atoms with Gasteiger partial charge < -0.3 is 30.3 Å². The number of hydrogen-bond acceptors (Lipinski definition) is 9. The highest BCUT2D eigenvalue weighted by molar-refractivity contribution is 7.91. The molecule has 0 spiro atoms. The van der Waals surface area contributed by atoms with Gasteiger partial charge in [-0.05, 0) is 55.2 Å². The fraction of sp³-hybridized carbons (Fsp3) is 0.545. The third-order valence-electron chi connectivity index (χ3n) is 9.02. The molecule has 15 heteroatoms. The molecule has 2 heterocycles. The van der Waals surface area contributed by atoms with Crippen molar-refractivity contribution >= 4 is 46.0 Å². The number of benzene rings is 1. The number of nitrogens with zero attached hydrogens (tertiary/aromatic N) is 1. The summed E-state index contributed by atoms with van der Waals surface area (Å²) in [6.07, 6.45) is 5.02. The number of carbonyl (C=O) groups excluding carboxylic acids is 5. The molecule has 0 unspecified atom stereocenters. The predicted octanol–water partition coefficient (Wildman–Crippen LogP) is 2.11. The van der Waals surface area contributed by atoms with Gasteiger partial charge >= 0.3 is 12.2 Å². The summed E-state index contributed by atoms with van der Waals surface area (Å²) in [5, 5.41) is 7.37. The van der Waals surface area contributed by atoms with E-state index in [4.69, 9.17) is 9.47 Å². The third kappa shape index (κ3) is 8.17. The molecule has 5 rings (SSSR count). The number of fused-ring (bicyclic) bond motifs is 4. The summed E-state index contributed by atoms with van der Waals surface area (Å²) in [5.74, 6) is -3.16. The standard InChI is InChI=1S/C33H43N5O9S/c1-4-23-17-33(23,30(41)37-48(44,45)25-12-13-25)36-28(39)26-16-24-19-38(26)29(40)27(20(2)3)35-32(43)46-14-7-5-6-9-21-10-8-11-22(15-21)18-34-31(42)47-24/h4,6,8-11,15,20,23-27H,1,5,7,12-14,16-19H2,2-3H3,(H,34,42)(H,35,43)(H,36,39)(H,37,41)/b9-6-/t23-,24-,26+,27+,33-/m1/s1. The van der Waals surface area contributed by atoms with Gasteiger partial charge in [-0.1, -0.05) is 50.3 Å². The van der Waals surface area contributed by atoms with Crippen LogP contribution in [-0.4, -0.2) is 85.4 Å². The van der Waals surface area contributed by atoms with Crippen molar-refractivity contribution < 1.29 is 41.9 Å². The first-order valence-electron chi connectivity index (χ1n) is 16.3. The minimum absolute atomic E-state index is 0.0998. The van der Waals surface area contributed by atoms with Crippen molar-refractivity contribution in [3.8, 4) is 0 Å². The maximum absolute atomic E-state index is 14.0. The Hall–Kier alpha value is -4.40. The number of sulfonamides is 1. The van der Waals surface area contributed by atoms with Crippen LogP contribution in [-0.2, 0) is 40.4 Å². The molecule has 5 amide bonds. The van der Waals surface area contributed by atoms with E-state index in [1.807, 2.05) is 36.4 Å². The van der Waals surface area contributed by atoms with E-state index in [9.17, 15) is 32.4 Å². The molecule has 5 atom stereocenters. The molecule has 14 nitrogen and oxygen atoms in total. The van der Waals surface area contributed by atoms with Crippen LogP contribution in [0.15, 0.2) is 43.0 Å². The molecule has 4 bridgehead atoms. The van der Waals surface area contributed by atoms with Crippen LogP contribution >= 0.6 is 0 Å². The van der Waals surface area contributed by atoms with Crippen LogP contribution in [0.2, 0.25) is 0 Å². The van der Waals surface area contributed by atoms with Gasteiger partial charge in [-0.3, -0.25) is 19.1 Å². The Kier molecular flexibility index (Phi) is 10.5.